The van der Waals surface area contributed by atoms with E-state index in [-0.39, 0.29) is 53.9 Å². The molecule has 12 heteroatoms. The number of piperidine rings is 1. The van der Waals surface area contributed by atoms with Gasteiger partial charge in [-0.05, 0) is 31.9 Å². The van der Waals surface area contributed by atoms with Crippen LogP contribution in [-0.2, 0) is 14.8 Å². The third kappa shape index (κ3) is 9.23. The monoisotopic (exact) mass is 539 g/mol. The number of halogens is 1. The second-order valence-corrected chi connectivity index (χ2v) is 8.28. The van der Waals surface area contributed by atoms with Crippen LogP contribution in [0.25, 0.3) is 0 Å². The Balaban J connectivity index is 0.00000420. The van der Waals surface area contributed by atoms with Crippen molar-refractivity contribution in [2.24, 2.45) is 10.7 Å². The van der Waals surface area contributed by atoms with Crippen LogP contribution in [0, 0.1) is 0 Å². The van der Waals surface area contributed by atoms with Gasteiger partial charge in [0.2, 0.25) is 15.9 Å². The van der Waals surface area contributed by atoms with Crippen molar-refractivity contribution in [1.29, 1.82) is 0 Å². The number of guanidine groups is 1. The number of aliphatic imine (C=N–C) groups is 1. The molecule has 1 aliphatic rings. The summed E-state index contributed by atoms with van der Waals surface area (Å²) in [4.78, 5) is 21.4. The predicted molar refractivity (Wildman–Crippen MR) is 123 cm³/mol. The fourth-order valence-corrected chi connectivity index (χ4v) is 3.89. The van der Waals surface area contributed by atoms with E-state index in [4.69, 9.17) is 5.73 Å². The van der Waals surface area contributed by atoms with E-state index in [0.717, 1.165) is 25.9 Å². The molecule has 0 aromatic carbocycles. The molecular weight excluding hydrogens is 509 g/mol. The average molecular weight is 539 g/mol. The molecule has 0 unspecified atom stereocenters. The summed E-state index contributed by atoms with van der Waals surface area (Å²) in [6.07, 6.45) is 4.59. The number of nitrogens with one attached hydrogen (secondary N) is 3. The van der Waals surface area contributed by atoms with Gasteiger partial charge in [-0.3, -0.25) is 19.7 Å². The Bertz CT molecular complexity index is 754. The molecule has 0 spiro atoms. The third-order valence-electron chi connectivity index (χ3n) is 4.27. The van der Waals surface area contributed by atoms with Gasteiger partial charge in [-0.2, -0.15) is 0 Å². The maximum atomic E-state index is 12.2. The number of pyridine rings is 1. The standard InChI is InChI=1S/C17H29N7O3S.HI/c1-2-20-17(23-14-5-10-24(11-6-14)13-16(18)25)21-8-9-22-28(26,27)15-4-3-7-19-12-15;/h3-4,7,12,14,22H,2,5-6,8-11,13H2,1H3,(H2,18,25)(H2,20,21,23);1H. The van der Waals surface area contributed by atoms with Gasteiger partial charge in [0, 0.05) is 44.6 Å². The molecule has 0 radical (unpaired) electrons. The quantitative estimate of drug-likeness (QED) is 0.143. The molecule has 1 aromatic heterocycles. The van der Waals surface area contributed by atoms with Crippen LogP contribution in [-0.4, -0.2) is 75.5 Å². The van der Waals surface area contributed by atoms with Crippen LogP contribution < -0.4 is 21.1 Å². The molecule has 1 saturated heterocycles. The fraction of sp³-hybridized carbons (Fsp3) is 0.588. The van der Waals surface area contributed by atoms with Crippen LogP contribution >= 0.6 is 24.0 Å². The van der Waals surface area contributed by atoms with Gasteiger partial charge in [0.25, 0.3) is 0 Å². The zero-order valence-corrected chi connectivity index (χ0v) is 19.7. The normalized spacial score (nSPS) is 16.1. The second-order valence-electron chi connectivity index (χ2n) is 6.51. The number of sulfonamides is 1. The number of primary amides is 1. The number of likely N-dealkylation sites (tertiary alicyclic amines) is 1. The van der Waals surface area contributed by atoms with Crippen molar-refractivity contribution in [2.45, 2.75) is 30.7 Å². The first-order valence-electron chi connectivity index (χ1n) is 9.36. The molecule has 0 bridgehead atoms. The van der Waals surface area contributed by atoms with Gasteiger partial charge < -0.3 is 16.4 Å². The number of amides is 1. The Hall–Kier alpha value is -1.51. The first-order chi connectivity index (χ1) is 13.4. The van der Waals surface area contributed by atoms with Crippen molar-refractivity contribution in [3.05, 3.63) is 24.5 Å². The summed E-state index contributed by atoms with van der Waals surface area (Å²) in [5.41, 5.74) is 5.24. The summed E-state index contributed by atoms with van der Waals surface area (Å²) in [7, 11) is -3.58. The number of aromatic nitrogens is 1. The van der Waals surface area contributed by atoms with Crippen molar-refractivity contribution in [2.75, 3.05) is 39.3 Å². The van der Waals surface area contributed by atoms with Crippen LogP contribution in [0.15, 0.2) is 34.4 Å². The lowest BCUT2D eigenvalue weighted by atomic mass is 10.1. The minimum absolute atomic E-state index is 0. The highest BCUT2D eigenvalue weighted by Gasteiger charge is 2.20. The molecule has 1 amide bonds. The van der Waals surface area contributed by atoms with E-state index in [9.17, 15) is 13.2 Å². The highest BCUT2D eigenvalue weighted by Crippen LogP contribution is 2.09. The maximum absolute atomic E-state index is 12.2. The third-order valence-corrected chi connectivity index (χ3v) is 5.72. The Labute approximate surface area is 189 Å². The number of nitrogens with two attached hydrogens (primary N) is 1. The van der Waals surface area contributed by atoms with Crippen LogP contribution in [0.5, 0.6) is 0 Å². The number of nitrogens with zero attached hydrogens (tertiary/aromatic N) is 3. The molecule has 1 aliphatic heterocycles. The molecule has 0 atom stereocenters. The number of hydrogen-bond acceptors (Lipinski definition) is 6. The van der Waals surface area contributed by atoms with E-state index in [2.05, 4.69) is 25.3 Å². The molecule has 2 rings (SSSR count). The van der Waals surface area contributed by atoms with Gasteiger partial charge in [-0.25, -0.2) is 13.1 Å². The molecular formula is C17H30IN7O3S. The van der Waals surface area contributed by atoms with E-state index in [1.54, 1.807) is 6.07 Å². The Kier molecular flexibility index (Phi) is 11.4. The molecule has 1 aromatic rings. The fourth-order valence-electron chi connectivity index (χ4n) is 2.91. The minimum atomic E-state index is -3.58. The van der Waals surface area contributed by atoms with Crippen LogP contribution in [0.1, 0.15) is 19.8 Å². The lowest BCUT2D eigenvalue weighted by molar-refractivity contribution is -0.119. The van der Waals surface area contributed by atoms with Gasteiger partial charge in [0.1, 0.15) is 4.90 Å². The summed E-state index contributed by atoms with van der Waals surface area (Å²) in [5, 5.41) is 6.54. The summed E-state index contributed by atoms with van der Waals surface area (Å²) in [6.45, 7) is 5.04. The van der Waals surface area contributed by atoms with Gasteiger partial charge in [0.05, 0.1) is 13.1 Å². The summed E-state index contributed by atoms with van der Waals surface area (Å²) in [6, 6.07) is 3.32. The zero-order valence-electron chi connectivity index (χ0n) is 16.5. The SMILES string of the molecule is CCNC(=NCCNS(=O)(=O)c1cccnc1)NC1CCN(CC(N)=O)CC1.I. The zero-order chi connectivity index (χ0) is 20.4. The Morgan fingerprint density at radius 1 is 1.38 bits per heavy atom. The number of carbonyl (C=O) groups is 1. The number of carbonyl (C=O) groups excluding carboxylic acids is 1. The highest BCUT2D eigenvalue weighted by molar-refractivity contribution is 14.0. The van der Waals surface area contributed by atoms with E-state index >= 15 is 0 Å². The lowest BCUT2D eigenvalue weighted by Gasteiger charge is -2.32. The first kappa shape index (κ1) is 25.5. The van der Waals surface area contributed by atoms with Crippen molar-refractivity contribution >= 4 is 45.9 Å². The number of hydrogen-bond donors (Lipinski definition) is 4. The van der Waals surface area contributed by atoms with Crippen LogP contribution in [0.2, 0.25) is 0 Å². The van der Waals surface area contributed by atoms with Gasteiger partial charge in [0.15, 0.2) is 5.96 Å². The lowest BCUT2D eigenvalue weighted by Crippen LogP contribution is -2.50. The van der Waals surface area contributed by atoms with Gasteiger partial charge in [-0.1, -0.05) is 0 Å². The predicted octanol–water partition coefficient (Wildman–Crippen LogP) is -0.517. The molecule has 10 nitrogen and oxygen atoms in total. The maximum Gasteiger partial charge on any atom is 0.242 e. The van der Waals surface area contributed by atoms with Crippen molar-refractivity contribution in [1.82, 2.24) is 25.2 Å². The van der Waals surface area contributed by atoms with Gasteiger partial charge >= 0.3 is 0 Å². The first-order valence-corrected chi connectivity index (χ1v) is 10.8. The van der Waals surface area contributed by atoms with Crippen molar-refractivity contribution < 1.29 is 13.2 Å². The second kappa shape index (κ2) is 12.9. The smallest absolute Gasteiger partial charge is 0.242 e. The molecule has 2 heterocycles. The summed E-state index contributed by atoms with van der Waals surface area (Å²) >= 11 is 0. The molecule has 29 heavy (non-hydrogen) atoms. The summed E-state index contributed by atoms with van der Waals surface area (Å²) in [5.74, 6) is 0.339. The van der Waals surface area contributed by atoms with Crippen LogP contribution in [0.4, 0.5) is 0 Å². The topological polar surface area (TPSA) is 142 Å². The molecule has 5 N–H and O–H groups in total. The van der Waals surface area contributed by atoms with Crippen LogP contribution in [0.3, 0.4) is 0 Å². The molecule has 0 saturated carbocycles. The van der Waals surface area contributed by atoms with E-state index in [1.165, 1.54) is 18.5 Å². The van der Waals surface area contributed by atoms with Crippen molar-refractivity contribution in [3.8, 4) is 0 Å². The van der Waals surface area contributed by atoms with E-state index < -0.39 is 10.0 Å². The number of rotatable bonds is 9. The minimum Gasteiger partial charge on any atom is -0.369 e. The Morgan fingerprint density at radius 3 is 2.69 bits per heavy atom. The molecule has 164 valence electrons. The largest absolute Gasteiger partial charge is 0.369 e. The summed E-state index contributed by atoms with van der Waals surface area (Å²) < 4.78 is 26.8. The molecule has 0 aliphatic carbocycles. The van der Waals surface area contributed by atoms with Crippen molar-refractivity contribution in [3.63, 3.8) is 0 Å². The van der Waals surface area contributed by atoms with E-state index in [0.29, 0.717) is 19.0 Å². The average Bonchev–Trinajstić information content (AvgIpc) is 2.67. The van der Waals surface area contributed by atoms with E-state index in [1.807, 2.05) is 11.8 Å². The Morgan fingerprint density at radius 2 is 2.10 bits per heavy atom. The van der Waals surface area contributed by atoms with Gasteiger partial charge in [-0.15, -0.1) is 24.0 Å². The molecule has 1 fully saturated rings. The highest BCUT2D eigenvalue weighted by atomic mass is 127.